The summed E-state index contributed by atoms with van der Waals surface area (Å²) in [5, 5.41) is 11.4. The number of carbonyl (C=O) groups excluding carboxylic acids is 4. The average Bonchev–Trinajstić information content (AvgIpc) is 3.33. The second-order valence-electron chi connectivity index (χ2n) is 6.58. The van der Waals surface area contributed by atoms with Crippen LogP contribution in [0.2, 0.25) is 0 Å². The van der Waals surface area contributed by atoms with Crippen molar-refractivity contribution in [1.29, 1.82) is 0 Å². The largest absolute Gasteiger partial charge is 0.452 e. The number of thiophene rings is 1. The van der Waals surface area contributed by atoms with Crippen molar-refractivity contribution in [2.75, 3.05) is 23.8 Å². The lowest BCUT2D eigenvalue weighted by atomic mass is 10.1. The summed E-state index contributed by atoms with van der Waals surface area (Å²) in [5.74, 6) is -1.92. The SMILES string of the molecule is CCNC(=O)c1cccc(NC(=O)COC(=O)c2ccccc2NC(=O)c2ccsc2)c1. The first-order valence-corrected chi connectivity index (χ1v) is 10.7. The second kappa shape index (κ2) is 10.9. The number of hydrogen-bond acceptors (Lipinski definition) is 6. The first kappa shape index (κ1) is 22.7. The Hall–Kier alpha value is -3.98. The molecule has 0 aliphatic heterocycles. The minimum absolute atomic E-state index is 0.127. The fourth-order valence-corrected chi connectivity index (χ4v) is 3.40. The van der Waals surface area contributed by atoms with Crippen molar-refractivity contribution in [1.82, 2.24) is 5.32 Å². The summed E-state index contributed by atoms with van der Waals surface area (Å²) in [6, 6.07) is 14.5. The van der Waals surface area contributed by atoms with Crippen LogP contribution in [0.1, 0.15) is 38.0 Å². The van der Waals surface area contributed by atoms with E-state index in [1.54, 1.807) is 53.2 Å². The molecular formula is C23H21N3O5S. The zero-order chi connectivity index (χ0) is 22.9. The van der Waals surface area contributed by atoms with Crippen LogP contribution in [0.25, 0.3) is 0 Å². The molecule has 0 aliphatic rings. The molecule has 0 atom stereocenters. The van der Waals surface area contributed by atoms with E-state index in [1.807, 2.05) is 6.92 Å². The maximum Gasteiger partial charge on any atom is 0.340 e. The molecule has 0 bridgehead atoms. The number of para-hydroxylation sites is 1. The molecule has 0 fully saturated rings. The zero-order valence-electron chi connectivity index (χ0n) is 17.2. The lowest BCUT2D eigenvalue weighted by molar-refractivity contribution is -0.119. The minimum atomic E-state index is -0.752. The molecule has 0 unspecified atom stereocenters. The number of hydrogen-bond donors (Lipinski definition) is 3. The maximum absolute atomic E-state index is 12.5. The summed E-state index contributed by atoms with van der Waals surface area (Å²) in [4.78, 5) is 48.9. The van der Waals surface area contributed by atoms with E-state index >= 15 is 0 Å². The van der Waals surface area contributed by atoms with E-state index in [1.165, 1.54) is 23.5 Å². The molecule has 3 N–H and O–H groups in total. The highest BCUT2D eigenvalue weighted by Crippen LogP contribution is 2.18. The lowest BCUT2D eigenvalue weighted by Crippen LogP contribution is -2.24. The molecule has 164 valence electrons. The van der Waals surface area contributed by atoms with Crippen LogP contribution in [0, 0.1) is 0 Å². The Labute approximate surface area is 188 Å². The second-order valence-corrected chi connectivity index (χ2v) is 7.36. The number of esters is 1. The van der Waals surface area contributed by atoms with Crippen LogP contribution in [0.5, 0.6) is 0 Å². The van der Waals surface area contributed by atoms with E-state index in [-0.39, 0.29) is 23.1 Å². The molecule has 1 heterocycles. The lowest BCUT2D eigenvalue weighted by Gasteiger charge is -2.11. The number of ether oxygens (including phenoxy) is 1. The predicted octanol–water partition coefficient (Wildman–Crippen LogP) is 3.55. The third-order valence-corrected chi connectivity index (χ3v) is 4.94. The molecule has 9 heteroatoms. The van der Waals surface area contributed by atoms with Gasteiger partial charge in [0.05, 0.1) is 16.8 Å². The van der Waals surface area contributed by atoms with Crippen molar-refractivity contribution in [2.45, 2.75) is 6.92 Å². The van der Waals surface area contributed by atoms with Crippen molar-refractivity contribution in [3.05, 3.63) is 82.0 Å². The van der Waals surface area contributed by atoms with Gasteiger partial charge in [-0.05, 0) is 48.7 Å². The Morgan fingerprint density at radius 3 is 2.47 bits per heavy atom. The Bertz CT molecular complexity index is 1130. The van der Waals surface area contributed by atoms with Gasteiger partial charge in [-0.2, -0.15) is 11.3 Å². The summed E-state index contributed by atoms with van der Waals surface area (Å²) in [7, 11) is 0. The molecule has 0 saturated heterocycles. The van der Waals surface area contributed by atoms with E-state index in [4.69, 9.17) is 4.74 Å². The Balaban J connectivity index is 1.59. The summed E-state index contributed by atoms with van der Waals surface area (Å²) in [6.45, 7) is 1.77. The molecule has 8 nitrogen and oxygen atoms in total. The first-order valence-electron chi connectivity index (χ1n) is 9.75. The normalized spacial score (nSPS) is 10.2. The van der Waals surface area contributed by atoms with Gasteiger partial charge in [0.1, 0.15) is 0 Å². The minimum Gasteiger partial charge on any atom is -0.452 e. The van der Waals surface area contributed by atoms with Crippen LogP contribution in [-0.4, -0.2) is 36.8 Å². The van der Waals surface area contributed by atoms with E-state index < -0.39 is 18.5 Å². The van der Waals surface area contributed by atoms with Gasteiger partial charge in [-0.25, -0.2) is 4.79 Å². The van der Waals surface area contributed by atoms with Crippen molar-refractivity contribution in [3.8, 4) is 0 Å². The predicted molar refractivity (Wildman–Crippen MR) is 122 cm³/mol. The molecule has 3 aromatic rings. The zero-order valence-corrected chi connectivity index (χ0v) is 18.0. The third kappa shape index (κ3) is 6.02. The quantitative estimate of drug-likeness (QED) is 0.453. The van der Waals surface area contributed by atoms with Crippen molar-refractivity contribution in [2.24, 2.45) is 0 Å². The van der Waals surface area contributed by atoms with Crippen molar-refractivity contribution < 1.29 is 23.9 Å². The van der Waals surface area contributed by atoms with Crippen LogP contribution < -0.4 is 16.0 Å². The van der Waals surface area contributed by atoms with Gasteiger partial charge in [0.15, 0.2) is 6.61 Å². The fraction of sp³-hybridized carbons (Fsp3) is 0.130. The molecule has 2 aromatic carbocycles. The Morgan fingerprint density at radius 2 is 1.72 bits per heavy atom. The highest BCUT2D eigenvalue weighted by Gasteiger charge is 2.17. The topological polar surface area (TPSA) is 114 Å². The van der Waals surface area contributed by atoms with Gasteiger partial charge in [-0.15, -0.1) is 0 Å². The van der Waals surface area contributed by atoms with Gasteiger partial charge in [-0.3, -0.25) is 14.4 Å². The van der Waals surface area contributed by atoms with Crippen LogP contribution in [0.3, 0.4) is 0 Å². The molecule has 0 aliphatic carbocycles. The number of benzene rings is 2. The van der Waals surface area contributed by atoms with Gasteiger partial charge in [0.25, 0.3) is 17.7 Å². The van der Waals surface area contributed by atoms with Gasteiger partial charge in [0, 0.05) is 23.2 Å². The number of rotatable bonds is 8. The maximum atomic E-state index is 12.5. The standard InChI is InChI=1S/C23H21N3O5S/c1-2-24-21(28)15-6-5-7-17(12-15)25-20(27)13-31-23(30)18-8-3-4-9-19(18)26-22(29)16-10-11-32-14-16/h3-12,14H,2,13H2,1H3,(H,24,28)(H,25,27)(H,26,29). The molecular weight excluding hydrogens is 430 g/mol. The highest BCUT2D eigenvalue weighted by atomic mass is 32.1. The summed E-state index contributed by atoms with van der Waals surface area (Å²) in [5.41, 5.74) is 1.69. The number of anilines is 2. The van der Waals surface area contributed by atoms with Crippen LogP contribution >= 0.6 is 11.3 Å². The van der Waals surface area contributed by atoms with Crippen LogP contribution in [0.4, 0.5) is 11.4 Å². The summed E-state index contributed by atoms with van der Waals surface area (Å²) >= 11 is 1.39. The smallest absolute Gasteiger partial charge is 0.340 e. The monoisotopic (exact) mass is 451 g/mol. The van der Waals surface area contributed by atoms with E-state index in [9.17, 15) is 19.2 Å². The molecule has 0 spiro atoms. The Morgan fingerprint density at radius 1 is 0.906 bits per heavy atom. The average molecular weight is 452 g/mol. The van der Waals surface area contributed by atoms with Crippen molar-refractivity contribution >= 4 is 46.4 Å². The number of nitrogens with one attached hydrogen (secondary N) is 3. The molecule has 3 amide bonds. The summed E-state index contributed by atoms with van der Waals surface area (Å²) < 4.78 is 5.11. The van der Waals surface area contributed by atoms with Gasteiger partial charge in [-0.1, -0.05) is 18.2 Å². The van der Waals surface area contributed by atoms with Gasteiger partial charge < -0.3 is 20.7 Å². The van der Waals surface area contributed by atoms with Gasteiger partial charge >= 0.3 is 5.97 Å². The van der Waals surface area contributed by atoms with E-state index in [0.29, 0.717) is 23.4 Å². The molecule has 3 rings (SSSR count). The van der Waals surface area contributed by atoms with E-state index in [2.05, 4.69) is 16.0 Å². The molecule has 32 heavy (non-hydrogen) atoms. The Kier molecular flexibility index (Phi) is 7.71. The number of amides is 3. The van der Waals surface area contributed by atoms with Gasteiger partial charge in [0.2, 0.25) is 0 Å². The van der Waals surface area contributed by atoms with Crippen molar-refractivity contribution in [3.63, 3.8) is 0 Å². The first-order chi connectivity index (χ1) is 15.5. The highest BCUT2D eigenvalue weighted by molar-refractivity contribution is 7.08. The fourth-order valence-electron chi connectivity index (χ4n) is 2.76. The van der Waals surface area contributed by atoms with E-state index in [0.717, 1.165) is 0 Å². The molecule has 1 aromatic heterocycles. The molecule has 0 saturated carbocycles. The third-order valence-electron chi connectivity index (χ3n) is 4.26. The van der Waals surface area contributed by atoms with Crippen LogP contribution in [-0.2, 0) is 9.53 Å². The van der Waals surface area contributed by atoms with Crippen LogP contribution in [0.15, 0.2) is 65.4 Å². The summed E-state index contributed by atoms with van der Waals surface area (Å²) in [6.07, 6.45) is 0. The molecule has 0 radical (unpaired) electrons. The number of carbonyl (C=O) groups is 4.